The second-order valence-electron chi connectivity index (χ2n) is 4.73. The Morgan fingerprint density at radius 2 is 2.06 bits per heavy atom. The summed E-state index contributed by atoms with van der Waals surface area (Å²) in [4.78, 5) is 13.9. The van der Waals surface area contributed by atoms with Crippen LogP contribution in [0.5, 0.6) is 0 Å². The number of amides is 1. The molecule has 18 heavy (non-hydrogen) atoms. The van der Waals surface area contributed by atoms with Crippen LogP contribution in [0.2, 0.25) is 0 Å². The zero-order valence-electron chi connectivity index (χ0n) is 11.4. The van der Waals surface area contributed by atoms with Crippen molar-refractivity contribution in [2.24, 2.45) is 5.73 Å². The molecule has 0 heterocycles. The first-order chi connectivity index (χ1) is 7.63. The Morgan fingerprint density at radius 1 is 1.44 bits per heavy atom. The third-order valence-corrected chi connectivity index (χ3v) is 3.02. The number of likely N-dealkylation sites (N-methyl/N-ethyl adjacent to an activating group) is 1. The third kappa shape index (κ3) is 8.97. The minimum atomic E-state index is 0. The molecule has 0 aromatic carbocycles. The van der Waals surface area contributed by atoms with Crippen LogP contribution in [0.4, 0.5) is 0 Å². The minimum absolute atomic E-state index is 0. The smallest absolute Gasteiger partial charge is 0.220 e. The van der Waals surface area contributed by atoms with Crippen molar-refractivity contribution >= 4 is 30.7 Å². The number of carbonyl (C=O) groups is 1. The van der Waals surface area contributed by atoms with Gasteiger partial charge in [-0.3, -0.25) is 9.69 Å². The molecule has 1 rings (SSSR count). The van der Waals surface area contributed by atoms with Crippen molar-refractivity contribution in [2.75, 3.05) is 19.6 Å². The summed E-state index contributed by atoms with van der Waals surface area (Å²) in [6.45, 7) is 6.93. The SMILES string of the molecule is CCN(CCNC(=O)CCC(C)N)C1CC1.Cl.Cl. The number of halogens is 2. The molecule has 1 fully saturated rings. The van der Waals surface area contributed by atoms with E-state index < -0.39 is 0 Å². The van der Waals surface area contributed by atoms with Crippen LogP contribution in [0.15, 0.2) is 0 Å². The summed E-state index contributed by atoms with van der Waals surface area (Å²) >= 11 is 0. The lowest BCUT2D eigenvalue weighted by molar-refractivity contribution is -0.121. The fraction of sp³-hybridized carbons (Fsp3) is 0.917. The average molecular weight is 300 g/mol. The van der Waals surface area contributed by atoms with Crippen LogP contribution in [-0.2, 0) is 4.79 Å². The summed E-state index contributed by atoms with van der Waals surface area (Å²) in [7, 11) is 0. The van der Waals surface area contributed by atoms with Crippen molar-refractivity contribution in [1.82, 2.24) is 10.2 Å². The lowest BCUT2D eigenvalue weighted by Crippen LogP contribution is -2.36. The van der Waals surface area contributed by atoms with E-state index >= 15 is 0 Å². The molecular weight excluding hydrogens is 273 g/mol. The Morgan fingerprint density at radius 3 is 2.50 bits per heavy atom. The van der Waals surface area contributed by atoms with Crippen LogP contribution in [0, 0.1) is 0 Å². The number of nitrogens with one attached hydrogen (secondary N) is 1. The molecule has 0 aromatic heterocycles. The molecule has 0 aromatic rings. The topological polar surface area (TPSA) is 58.4 Å². The highest BCUT2D eigenvalue weighted by atomic mass is 35.5. The van der Waals surface area contributed by atoms with E-state index in [1.807, 2.05) is 6.92 Å². The first-order valence-corrected chi connectivity index (χ1v) is 6.39. The molecule has 110 valence electrons. The maximum absolute atomic E-state index is 11.4. The van der Waals surface area contributed by atoms with Crippen LogP contribution in [0.1, 0.15) is 39.5 Å². The summed E-state index contributed by atoms with van der Waals surface area (Å²) in [5, 5.41) is 2.95. The first kappa shape index (κ1) is 20.3. The summed E-state index contributed by atoms with van der Waals surface area (Å²) in [6, 6.07) is 0.898. The molecule has 6 heteroatoms. The fourth-order valence-electron chi connectivity index (χ4n) is 1.82. The Bertz CT molecular complexity index is 223. The van der Waals surface area contributed by atoms with E-state index in [4.69, 9.17) is 5.73 Å². The van der Waals surface area contributed by atoms with Gasteiger partial charge in [0.25, 0.3) is 0 Å². The van der Waals surface area contributed by atoms with Crippen LogP contribution in [-0.4, -0.2) is 42.5 Å². The van der Waals surface area contributed by atoms with Gasteiger partial charge in [0, 0.05) is 31.6 Å². The number of nitrogens with two attached hydrogens (primary N) is 1. The van der Waals surface area contributed by atoms with E-state index in [-0.39, 0.29) is 36.8 Å². The molecule has 0 radical (unpaired) electrons. The maximum atomic E-state index is 11.4. The van der Waals surface area contributed by atoms with Gasteiger partial charge in [-0.2, -0.15) is 0 Å². The number of rotatable bonds is 8. The van der Waals surface area contributed by atoms with E-state index in [0.717, 1.165) is 32.1 Å². The summed E-state index contributed by atoms with van der Waals surface area (Å²) in [5.74, 6) is 0.129. The zero-order valence-corrected chi connectivity index (χ0v) is 13.0. The van der Waals surface area contributed by atoms with E-state index in [2.05, 4.69) is 17.1 Å². The molecule has 0 spiro atoms. The van der Waals surface area contributed by atoms with E-state index in [1.54, 1.807) is 0 Å². The van der Waals surface area contributed by atoms with Gasteiger partial charge in [0.15, 0.2) is 0 Å². The van der Waals surface area contributed by atoms with Crippen LogP contribution in [0.25, 0.3) is 0 Å². The van der Waals surface area contributed by atoms with Gasteiger partial charge in [0.05, 0.1) is 0 Å². The Labute approximate surface area is 123 Å². The molecule has 1 aliphatic carbocycles. The predicted molar refractivity (Wildman–Crippen MR) is 80.7 cm³/mol. The van der Waals surface area contributed by atoms with Crippen LogP contribution < -0.4 is 11.1 Å². The molecule has 1 saturated carbocycles. The van der Waals surface area contributed by atoms with Gasteiger partial charge in [-0.25, -0.2) is 0 Å². The van der Waals surface area contributed by atoms with Gasteiger partial charge in [-0.1, -0.05) is 6.92 Å². The molecule has 1 amide bonds. The number of carbonyl (C=O) groups excluding carboxylic acids is 1. The predicted octanol–water partition coefficient (Wildman–Crippen LogP) is 1.56. The number of hydrogen-bond donors (Lipinski definition) is 2. The largest absolute Gasteiger partial charge is 0.355 e. The van der Waals surface area contributed by atoms with Crippen molar-refractivity contribution in [3.63, 3.8) is 0 Å². The zero-order chi connectivity index (χ0) is 12.0. The highest BCUT2D eigenvalue weighted by Gasteiger charge is 2.27. The minimum Gasteiger partial charge on any atom is -0.355 e. The molecule has 1 atom stereocenters. The van der Waals surface area contributed by atoms with E-state index in [9.17, 15) is 4.79 Å². The molecule has 0 saturated heterocycles. The third-order valence-electron chi connectivity index (χ3n) is 3.02. The molecule has 0 aliphatic heterocycles. The molecule has 0 bridgehead atoms. The maximum Gasteiger partial charge on any atom is 0.220 e. The monoisotopic (exact) mass is 299 g/mol. The van der Waals surface area contributed by atoms with Gasteiger partial charge in [-0.15, -0.1) is 24.8 Å². The van der Waals surface area contributed by atoms with Crippen LogP contribution in [0.3, 0.4) is 0 Å². The van der Waals surface area contributed by atoms with Crippen molar-refractivity contribution < 1.29 is 4.79 Å². The Hall–Kier alpha value is -0.0300. The van der Waals surface area contributed by atoms with E-state index in [0.29, 0.717) is 6.42 Å². The van der Waals surface area contributed by atoms with Crippen LogP contribution >= 0.6 is 24.8 Å². The number of hydrogen-bond acceptors (Lipinski definition) is 3. The summed E-state index contributed by atoms with van der Waals surface area (Å²) in [6.07, 6.45) is 3.97. The van der Waals surface area contributed by atoms with Crippen molar-refractivity contribution in [2.45, 2.75) is 51.6 Å². The lowest BCUT2D eigenvalue weighted by Gasteiger charge is -2.19. The quantitative estimate of drug-likeness (QED) is 0.715. The van der Waals surface area contributed by atoms with Crippen molar-refractivity contribution in [3.05, 3.63) is 0 Å². The highest BCUT2D eigenvalue weighted by Crippen LogP contribution is 2.25. The lowest BCUT2D eigenvalue weighted by atomic mass is 10.2. The standard InChI is InChI=1S/C12H25N3O.2ClH/c1-3-15(11-5-6-11)9-8-14-12(16)7-4-10(2)13;;/h10-11H,3-9,13H2,1-2H3,(H,14,16);2*1H. The van der Waals surface area contributed by atoms with Gasteiger partial charge in [-0.05, 0) is 32.7 Å². The van der Waals surface area contributed by atoms with Crippen molar-refractivity contribution in [1.29, 1.82) is 0 Å². The molecule has 1 unspecified atom stereocenters. The molecule has 3 N–H and O–H groups in total. The second-order valence-corrected chi connectivity index (χ2v) is 4.73. The molecular formula is C12H27Cl2N3O. The molecule has 4 nitrogen and oxygen atoms in total. The summed E-state index contributed by atoms with van der Waals surface area (Å²) < 4.78 is 0. The molecule has 1 aliphatic rings. The van der Waals surface area contributed by atoms with Gasteiger partial charge in [0.2, 0.25) is 5.91 Å². The Kier molecular flexibility index (Phi) is 12.2. The van der Waals surface area contributed by atoms with E-state index in [1.165, 1.54) is 12.8 Å². The average Bonchev–Trinajstić information content (AvgIpc) is 3.05. The fourth-order valence-corrected chi connectivity index (χ4v) is 1.82. The normalized spacial score (nSPS) is 15.6. The first-order valence-electron chi connectivity index (χ1n) is 6.39. The van der Waals surface area contributed by atoms with Crippen molar-refractivity contribution in [3.8, 4) is 0 Å². The van der Waals surface area contributed by atoms with Gasteiger partial charge < -0.3 is 11.1 Å². The Balaban J connectivity index is 0. The highest BCUT2D eigenvalue weighted by molar-refractivity contribution is 5.85. The summed E-state index contributed by atoms with van der Waals surface area (Å²) in [5.41, 5.74) is 5.60. The second kappa shape index (κ2) is 10.9. The van der Waals surface area contributed by atoms with Gasteiger partial charge >= 0.3 is 0 Å². The van der Waals surface area contributed by atoms with Gasteiger partial charge in [0.1, 0.15) is 0 Å². The number of nitrogens with zero attached hydrogens (tertiary/aromatic N) is 1.